The standard InChI is InChI=1S/C24H31BrClN3O2/c25-22-7-6-19(26)15-18(22)14-17-8-11-28(12-9-17)13-10-20-16-23(30)29(24(31)27-20)21-4-2-1-3-5-21/h6-7,15-17,21H,1-5,8-14H2,(H,27,31). The van der Waals surface area contributed by atoms with Crippen LogP contribution >= 0.6 is 27.5 Å². The highest BCUT2D eigenvalue weighted by Gasteiger charge is 2.21. The maximum absolute atomic E-state index is 12.6. The molecular weight excluding hydrogens is 478 g/mol. The minimum absolute atomic E-state index is 0.0672. The molecule has 1 aliphatic heterocycles. The van der Waals surface area contributed by atoms with Crippen LogP contribution in [0.5, 0.6) is 0 Å². The van der Waals surface area contributed by atoms with Gasteiger partial charge in [-0.15, -0.1) is 0 Å². The minimum Gasteiger partial charge on any atom is -0.311 e. The zero-order chi connectivity index (χ0) is 21.8. The van der Waals surface area contributed by atoms with Crippen molar-refractivity contribution >= 4 is 27.5 Å². The summed E-state index contributed by atoms with van der Waals surface area (Å²) in [5.41, 5.74) is 1.66. The van der Waals surface area contributed by atoms with Crippen LogP contribution in [0.3, 0.4) is 0 Å². The van der Waals surface area contributed by atoms with Crippen molar-refractivity contribution in [3.8, 4) is 0 Å². The van der Waals surface area contributed by atoms with Crippen molar-refractivity contribution in [3.05, 3.63) is 65.9 Å². The Kier molecular flexibility index (Phi) is 7.72. The molecule has 1 aliphatic carbocycles. The molecule has 0 spiro atoms. The lowest BCUT2D eigenvalue weighted by molar-refractivity contribution is 0.185. The Hall–Kier alpha value is -1.37. The van der Waals surface area contributed by atoms with Gasteiger partial charge >= 0.3 is 5.69 Å². The molecule has 4 rings (SSSR count). The van der Waals surface area contributed by atoms with E-state index < -0.39 is 0 Å². The van der Waals surface area contributed by atoms with E-state index >= 15 is 0 Å². The van der Waals surface area contributed by atoms with E-state index in [2.05, 4.69) is 31.9 Å². The molecule has 1 aromatic heterocycles. The van der Waals surface area contributed by atoms with Gasteiger partial charge in [0.1, 0.15) is 0 Å². The highest BCUT2D eigenvalue weighted by Crippen LogP contribution is 2.28. The number of nitrogens with one attached hydrogen (secondary N) is 1. The molecule has 7 heteroatoms. The molecule has 2 heterocycles. The van der Waals surface area contributed by atoms with Crippen LogP contribution in [-0.4, -0.2) is 34.1 Å². The van der Waals surface area contributed by atoms with Crippen molar-refractivity contribution in [1.29, 1.82) is 0 Å². The van der Waals surface area contributed by atoms with Gasteiger partial charge in [0.05, 0.1) is 0 Å². The average molecular weight is 509 g/mol. The molecule has 0 unspecified atom stereocenters. The number of halogens is 2. The van der Waals surface area contributed by atoms with Gasteiger partial charge in [0, 0.05) is 40.3 Å². The molecule has 2 aliphatic rings. The Bertz CT molecular complexity index is 973. The SMILES string of the molecule is O=c1cc(CCN2CCC(Cc3cc(Cl)ccc3Br)CC2)[nH]c(=O)n1C1CCCCC1. The fourth-order valence-electron chi connectivity index (χ4n) is 5.08. The van der Waals surface area contributed by atoms with Gasteiger partial charge < -0.3 is 9.88 Å². The van der Waals surface area contributed by atoms with E-state index in [1.807, 2.05) is 12.1 Å². The first kappa shape index (κ1) is 22.8. The Morgan fingerprint density at radius 3 is 2.48 bits per heavy atom. The van der Waals surface area contributed by atoms with E-state index in [0.717, 1.165) is 79.8 Å². The molecule has 0 atom stereocenters. The van der Waals surface area contributed by atoms with Crippen LogP contribution in [0.25, 0.3) is 0 Å². The van der Waals surface area contributed by atoms with Crippen molar-refractivity contribution in [1.82, 2.24) is 14.5 Å². The minimum atomic E-state index is -0.236. The summed E-state index contributed by atoms with van der Waals surface area (Å²) in [6, 6.07) is 7.70. The molecular formula is C24H31BrClN3O2. The van der Waals surface area contributed by atoms with E-state index in [-0.39, 0.29) is 17.3 Å². The lowest BCUT2D eigenvalue weighted by atomic mass is 9.90. The molecule has 1 saturated heterocycles. The molecule has 1 saturated carbocycles. The van der Waals surface area contributed by atoms with Gasteiger partial charge in [-0.1, -0.05) is 46.8 Å². The Morgan fingerprint density at radius 2 is 1.77 bits per heavy atom. The molecule has 168 valence electrons. The van der Waals surface area contributed by atoms with E-state index in [9.17, 15) is 9.59 Å². The van der Waals surface area contributed by atoms with Crippen LogP contribution in [0.4, 0.5) is 0 Å². The number of likely N-dealkylation sites (tertiary alicyclic amines) is 1. The van der Waals surface area contributed by atoms with Gasteiger partial charge in [-0.2, -0.15) is 0 Å². The molecule has 2 fully saturated rings. The molecule has 2 aromatic rings. The number of benzene rings is 1. The van der Waals surface area contributed by atoms with E-state index in [0.29, 0.717) is 12.3 Å². The normalized spacial score (nSPS) is 19.0. The predicted molar refractivity (Wildman–Crippen MR) is 129 cm³/mol. The number of nitrogens with zero attached hydrogens (tertiary/aromatic N) is 2. The first-order valence-corrected chi connectivity index (χ1v) is 12.7. The van der Waals surface area contributed by atoms with E-state index in [4.69, 9.17) is 11.6 Å². The maximum Gasteiger partial charge on any atom is 0.328 e. The fraction of sp³-hybridized carbons (Fsp3) is 0.583. The molecule has 1 aromatic carbocycles. The number of hydrogen-bond acceptors (Lipinski definition) is 3. The lowest BCUT2D eigenvalue weighted by Crippen LogP contribution is -2.40. The van der Waals surface area contributed by atoms with Crippen LogP contribution in [-0.2, 0) is 12.8 Å². The highest BCUT2D eigenvalue weighted by molar-refractivity contribution is 9.10. The molecule has 0 amide bonds. The van der Waals surface area contributed by atoms with Gasteiger partial charge in [0.15, 0.2) is 0 Å². The summed E-state index contributed by atoms with van der Waals surface area (Å²) in [6.45, 7) is 2.97. The molecule has 31 heavy (non-hydrogen) atoms. The second-order valence-corrected chi connectivity index (χ2v) is 10.4. The van der Waals surface area contributed by atoms with Gasteiger partial charge in [0.25, 0.3) is 5.56 Å². The smallest absolute Gasteiger partial charge is 0.311 e. The van der Waals surface area contributed by atoms with Gasteiger partial charge in [-0.3, -0.25) is 9.36 Å². The zero-order valence-electron chi connectivity index (χ0n) is 17.9. The van der Waals surface area contributed by atoms with Crippen molar-refractivity contribution in [3.63, 3.8) is 0 Å². The quantitative estimate of drug-likeness (QED) is 0.600. The number of hydrogen-bond donors (Lipinski definition) is 1. The third-order valence-corrected chi connectivity index (χ3v) is 7.89. The van der Waals surface area contributed by atoms with Gasteiger partial charge in [-0.25, -0.2) is 4.79 Å². The third kappa shape index (κ3) is 5.91. The van der Waals surface area contributed by atoms with Crippen molar-refractivity contribution in [2.24, 2.45) is 5.92 Å². The number of aromatic nitrogens is 2. The van der Waals surface area contributed by atoms with Crippen molar-refractivity contribution in [2.45, 2.75) is 63.8 Å². The zero-order valence-corrected chi connectivity index (χ0v) is 20.3. The number of H-pyrrole nitrogens is 1. The summed E-state index contributed by atoms with van der Waals surface area (Å²) >= 11 is 9.79. The third-order valence-electron chi connectivity index (χ3n) is 6.88. The number of aromatic amines is 1. The first-order valence-electron chi connectivity index (χ1n) is 11.5. The number of rotatable bonds is 6. The lowest BCUT2D eigenvalue weighted by Gasteiger charge is -2.32. The Labute approximate surface area is 196 Å². The summed E-state index contributed by atoms with van der Waals surface area (Å²) < 4.78 is 2.58. The topological polar surface area (TPSA) is 58.1 Å². The first-order chi connectivity index (χ1) is 15.0. The van der Waals surface area contributed by atoms with Crippen LogP contribution in [0, 0.1) is 5.92 Å². The summed E-state index contributed by atoms with van der Waals surface area (Å²) in [7, 11) is 0. The van der Waals surface area contributed by atoms with Crippen LogP contribution in [0.1, 0.15) is 62.2 Å². The summed E-state index contributed by atoms with van der Waals surface area (Å²) in [5, 5.41) is 0.787. The average Bonchev–Trinajstić information content (AvgIpc) is 2.76. The van der Waals surface area contributed by atoms with Gasteiger partial charge in [0.2, 0.25) is 0 Å². The second kappa shape index (κ2) is 10.5. The van der Waals surface area contributed by atoms with Crippen molar-refractivity contribution < 1.29 is 0 Å². The predicted octanol–water partition coefficient (Wildman–Crippen LogP) is 4.95. The Morgan fingerprint density at radius 1 is 1.03 bits per heavy atom. The Balaban J connectivity index is 1.29. The van der Waals surface area contributed by atoms with Crippen LogP contribution < -0.4 is 11.2 Å². The van der Waals surface area contributed by atoms with Gasteiger partial charge in [-0.05, 0) is 74.9 Å². The number of piperidine rings is 1. The summed E-state index contributed by atoms with van der Waals surface area (Å²) in [4.78, 5) is 30.6. The molecule has 0 bridgehead atoms. The van der Waals surface area contributed by atoms with Crippen LogP contribution in [0.15, 0.2) is 38.3 Å². The highest BCUT2D eigenvalue weighted by atomic mass is 79.9. The molecule has 1 N–H and O–H groups in total. The maximum atomic E-state index is 12.6. The molecule has 0 radical (unpaired) electrons. The van der Waals surface area contributed by atoms with E-state index in [1.165, 1.54) is 16.6 Å². The van der Waals surface area contributed by atoms with Crippen LogP contribution in [0.2, 0.25) is 5.02 Å². The fourth-order valence-corrected chi connectivity index (χ4v) is 5.68. The largest absolute Gasteiger partial charge is 0.328 e. The monoisotopic (exact) mass is 507 g/mol. The van der Waals surface area contributed by atoms with E-state index in [1.54, 1.807) is 6.07 Å². The van der Waals surface area contributed by atoms with Crippen molar-refractivity contribution in [2.75, 3.05) is 19.6 Å². The summed E-state index contributed by atoms with van der Waals surface area (Å²) in [6.07, 6.45) is 9.32. The second-order valence-electron chi connectivity index (χ2n) is 9.07. The molecule has 5 nitrogen and oxygen atoms in total. The summed E-state index contributed by atoms with van der Waals surface area (Å²) in [5.74, 6) is 0.658.